The fourth-order valence-corrected chi connectivity index (χ4v) is 1.75. The molecular weight excluding hydrogens is 282 g/mol. The SMILES string of the molecule is CCCCOCCCN=C(NCC)NCCCCC(=O)OC. The van der Waals surface area contributed by atoms with Gasteiger partial charge >= 0.3 is 5.97 Å². The summed E-state index contributed by atoms with van der Waals surface area (Å²) in [6.07, 6.45) is 5.44. The monoisotopic (exact) mass is 315 g/mol. The molecule has 0 fully saturated rings. The van der Waals surface area contributed by atoms with Crippen LogP contribution in [0.5, 0.6) is 0 Å². The average molecular weight is 315 g/mol. The smallest absolute Gasteiger partial charge is 0.305 e. The number of ether oxygens (including phenoxy) is 2. The van der Waals surface area contributed by atoms with Gasteiger partial charge in [0.05, 0.1) is 7.11 Å². The molecule has 0 aromatic carbocycles. The Morgan fingerprint density at radius 2 is 1.82 bits per heavy atom. The van der Waals surface area contributed by atoms with Gasteiger partial charge in [-0.2, -0.15) is 0 Å². The molecule has 0 spiro atoms. The number of nitrogens with one attached hydrogen (secondary N) is 2. The molecule has 0 aliphatic carbocycles. The zero-order valence-electron chi connectivity index (χ0n) is 14.5. The lowest BCUT2D eigenvalue weighted by atomic mass is 10.2. The van der Waals surface area contributed by atoms with E-state index < -0.39 is 0 Å². The number of aliphatic imine (C=N–C) groups is 1. The van der Waals surface area contributed by atoms with Crippen molar-refractivity contribution >= 4 is 11.9 Å². The molecule has 0 radical (unpaired) electrons. The fourth-order valence-electron chi connectivity index (χ4n) is 1.75. The number of hydrogen-bond acceptors (Lipinski definition) is 4. The van der Waals surface area contributed by atoms with Crippen LogP contribution in [0.25, 0.3) is 0 Å². The summed E-state index contributed by atoms with van der Waals surface area (Å²) in [7, 11) is 1.42. The number of guanidine groups is 1. The number of carbonyl (C=O) groups excluding carboxylic acids is 1. The second kappa shape index (κ2) is 16.1. The molecule has 130 valence electrons. The van der Waals surface area contributed by atoms with E-state index in [1.807, 2.05) is 6.92 Å². The first-order valence-corrected chi connectivity index (χ1v) is 8.41. The normalized spacial score (nSPS) is 11.3. The minimum Gasteiger partial charge on any atom is -0.469 e. The number of methoxy groups -OCH3 is 1. The molecule has 0 heterocycles. The Morgan fingerprint density at radius 1 is 1.05 bits per heavy atom. The summed E-state index contributed by atoms with van der Waals surface area (Å²) in [6.45, 7) is 8.21. The van der Waals surface area contributed by atoms with E-state index in [9.17, 15) is 4.79 Å². The molecule has 0 aromatic rings. The van der Waals surface area contributed by atoms with Crippen LogP contribution in [0.3, 0.4) is 0 Å². The Kier molecular flexibility index (Phi) is 15.1. The Hall–Kier alpha value is -1.30. The highest BCUT2D eigenvalue weighted by atomic mass is 16.5. The Labute approximate surface area is 135 Å². The Morgan fingerprint density at radius 3 is 2.50 bits per heavy atom. The van der Waals surface area contributed by atoms with Crippen LogP contribution in [-0.2, 0) is 14.3 Å². The topological polar surface area (TPSA) is 72.0 Å². The fraction of sp³-hybridized carbons (Fsp3) is 0.875. The molecule has 0 amide bonds. The van der Waals surface area contributed by atoms with Gasteiger partial charge in [0.2, 0.25) is 0 Å². The van der Waals surface area contributed by atoms with Gasteiger partial charge < -0.3 is 20.1 Å². The maximum atomic E-state index is 11.0. The molecule has 0 unspecified atom stereocenters. The van der Waals surface area contributed by atoms with Gasteiger partial charge in [-0.15, -0.1) is 0 Å². The first-order chi connectivity index (χ1) is 10.7. The van der Waals surface area contributed by atoms with Crippen molar-refractivity contribution in [2.45, 2.75) is 52.4 Å². The largest absolute Gasteiger partial charge is 0.469 e. The highest BCUT2D eigenvalue weighted by Gasteiger charge is 2.00. The third-order valence-electron chi connectivity index (χ3n) is 3.03. The zero-order chi connectivity index (χ0) is 16.5. The summed E-state index contributed by atoms with van der Waals surface area (Å²) in [5.41, 5.74) is 0. The summed E-state index contributed by atoms with van der Waals surface area (Å²) in [4.78, 5) is 15.5. The van der Waals surface area contributed by atoms with E-state index in [0.29, 0.717) is 6.42 Å². The van der Waals surface area contributed by atoms with E-state index in [0.717, 1.165) is 64.5 Å². The number of unbranched alkanes of at least 4 members (excludes halogenated alkanes) is 2. The predicted molar refractivity (Wildman–Crippen MR) is 90.2 cm³/mol. The minimum absolute atomic E-state index is 0.149. The maximum Gasteiger partial charge on any atom is 0.305 e. The summed E-state index contributed by atoms with van der Waals surface area (Å²) in [5.74, 6) is 0.678. The molecule has 2 N–H and O–H groups in total. The number of hydrogen-bond donors (Lipinski definition) is 2. The van der Waals surface area contributed by atoms with E-state index in [1.54, 1.807) is 0 Å². The standard InChI is InChI=1S/C16H33N3O3/c1-4-6-13-22-14-9-12-19-16(17-5-2)18-11-8-7-10-15(20)21-3/h4-14H2,1-3H3,(H2,17,18,19). The highest BCUT2D eigenvalue weighted by Crippen LogP contribution is 1.95. The highest BCUT2D eigenvalue weighted by molar-refractivity contribution is 5.79. The minimum atomic E-state index is -0.149. The molecule has 6 heteroatoms. The predicted octanol–water partition coefficient (Wildman–Crippen LogP) is 2.09. The summed E-state index contributed by atoms with van der Waals surface area (Å²) >= 11 is 0. The zero-order valence-corrected chi connectivity index (χ0v) is 14.5. The summed E-state index contributed by atoms with van der Waals surface area (Å²) < 4.78 is 10.1. The first-order valence-electron chi connectivity index (χ1n) is 8.41. The number of carbonyl (C=O) groups is 1. The molecule has 0 aromatic heterocycles. The lowest BCUT2D eigenvalue weighted by Gasteiger charge is -2.11. The molecule has 0 atom stereocenters. The van der Waals surface area contributed by atoms with E-state index in [2.05, 4.69) is 27.3 Å². The van der Waals surface area contributed by atoms with Crippen LogP contribution in [0.15, 0.2) is 4.99 Å². The van der Waals surface area contributed by atoms with Crippen LogP contribution in [0, 0.1) is 0 Å². The van der Waals surface area contributed by atoms with Gasteiger partial charge in [0.1, 0.15) is 0 Å². The van der Waals surface area contributed by atoms with Crippen LogP contribution in [0.1, 0.15) is 52.4 Å². The first kappa shape index (κ1) is 20.7. The molecule has 0 aliphatic rings. The number of rotatable bonds is 13. The second-order valence-electron chi connectivity index (χ2n) is 5.04. The van der Waals surface area contributed by atoms with Crippen LogP contribution in [-0.4, -0.2) is 51.9 Å². The van der Waals surface area contributed by atoms with Gasteiger partial charge in [-0.05, 0) is 32.6 Å². The van der Waals surface area contributed by atoms with Crippen molar-refractivity contribution in [3.8, 4) is 0 Å². The van der Waals surface area contributed by atoms with Crippen molar-refractivity contribution in [3.63, 3.8) is 0 Å². The molecular formula is C16H33N3O3. The Bertz CT molecular complexity index is 296. The molecule has 6 nitrogen and oxygen atoms in total. The molecule has 0 saturated heterocycles. The van der Waals surface area contributed by atoms with Gasteiger partial charge in [-0.1, -0.05) is 13.3 Å². The maximum absolute atomic E-state index is 11.0. The molecule has 0 rings (SSSR count). The van der Waals surface area contributed by atoms with Crippen LogP contribution in [0.4, 0.5) is 0 Å². The molecule has 0 aliphatic heterocycles. The van der Waals surface area contributed by atoms with Crippen LogP contribution in [0.2, 0.25) is 0 Å². The van der Waals surface area contributed by atoms with Crippen molar-refractivity contribution in [2.24, 2.45) is 4.99 Å². The number of nitrogens with zero attached hydrogens (tertiary/aromatic N) is 1. The molecule has 0 bridgehead atoms. The third kappa shape index (κ3) is 13.7. The van der Waals surface area contributed by atoms with Crippen molar-refractivity contribution in [1.29, 1.82) is 0 Å². The van der Waals surface area contributed by atoms with E-state index in [-0.39, 0.29) is 5.97 Å². The summed E-state index contributed by atoms with van der Waals surface area (Å²) in [6, 6.07) is 0. The van der Waals surface area contributed by atoms with E-state index in [4.69, 9.17) is 4.74 Å². The Balaban J connectivity index is 3.70. The van der Waals surface area contributed by atoms with Crippen molar-refractivity contribution < 1.29 is 14.3 Å². The quantitative estimate of drug-likeness (QED) is 0.236. The lowest BCUT2D eigenvalue weighted by Crippen LogP contribution is -2.38. The second-order valence-corrected chi connectivity index (χ2v) is 5.04. The van der Waals surface area contributed by atoms with Gasteiger partial charge in [0, 0.05) is 39.3 Å². The molecule has 22 heavy (non-hydrogen) atoms. The van der Waals surface area contributed by atoms with Crippen molar-refractivity contribution in [1.82, 2.24) is 10.6 Å². The van der Waals surface area contributed by atoms with Gasteiger partial charge in [0.15, 0.2) is 5.96 Å². The summed E-state index contributed by atoms with van der Waals surface area (Å²) in [5, 5.41) is 6.48. The van der Waals surface area contributed by atoms with Crippen LogP contribution >= 0.6 is 0 Å². The van der Waals surface area contributed by atoms with Crippen molar-refractivity contribution in [2.75, 3.05) is 40.0 Å². The number of esters is 1. The van der Waals surface area contributed by atoms with Crippen molar-refractivity contribution in [3.05, 3.63) is 0 Å². The van der Waals surface area contributed by atoms with Crippen LogP contribution < -0.4 is 10.6 Å². The average Bonchev–Trinajstić information content (AvgIpc) is 2.53. The third-order valence-corrected chi connectivity index (χ3v) is 3.03. The van der Waals surface area contributed by atoms with Gasteiger partial charge in [0.25, 0.3) is 0 Å². The van der Waals surface area contributed by atoms with E-state index >= 15 is 0 Å². The van der Waals surface area contributed by atoms with E-state index in [1.165, 1.54) is 13.5 Å². The molecule has 0 saturated carbocycles. The lowest BCUT2D eigenvalue weighted by molar-refractivity contribution is -0.140. The van der Waals surface area contributed by atoms with Gasteiger partial charge in [-0.3, -0.25) is 9.79 Å². The van der Waals surface area contributed by atoms with Gasteiger partial charge in [-0.25, -0.2) is 0 Å².